The lowest BCUT2D eigenvalue weighted by Crippen LogP contribution is -2.52. The SMILES string of the molecule is CC1CC(N2CCN(CCOc3ccc(Cl)cc3)CC2)C(=O)O1. The molecule has 0 radical (unpaired) electrons. The first-order valence-electron chi connectivity index (χ1n) is 8.17. The Hall–Kier alpha value is -1.30. The average molecular weight is 339 g/mol. The first kappa shape index (κ1) is 16.6. The van der Waals surface area contributed by atoms with Crippen molar-refractivity contribution in [3.63, 3.8) is 0 Å². The van der Waals surface area contributed by atoms with Crippen molar-refractivity contribution in [1.29, 1.82) is 0 Å². The number of carbonyl (C=O) groups excluding carboxylic acids is 1. The first-order chi connectivity index (χ1) is 11.1. The lowest BCUT2D eigenvalue weighted by atomic mass is 10.1. The maximum Gasteiger partial charge on any atom is 0.323 e. The summed E-state index contributed by atoms with van der Waals surface area (Å²) >= 11 is 5.85. The number of esters is 1. The molecule has 2 fully saturated rings. The molecule has 0 saturated carbocycles. The molecule has 2 saturated heterocycles. The largest absolute Gasteiger partial charge is 0.492 e. The fourth-order valence-corrected chi connectivity index (χ4v) is 3.28. The van der Waals surface area contributed by atoms with Crippen molar-refractivity contribution in [3.8, 4) is 5.75 Å². The Balaban J connectivity index is 1.38. The van der Waals surface area contributed by atoms with Gasteiger partial charge in [0.1, 0.15) is 24.5 Å². The van der Waals surface area contributed by atoms with Gasteiger partial charge in [-0.15, -0.1) is 0 Å². The van der Waals surface area contributed by atoms with Crippen LogP contribution in [0.1, 0.15) is 13.3 Å². The zero-order valence-corrected chi connectivity index (χ0v) is 14.2. The highest BCUT2D eigenvalue weighted by Gasteiger charge is 2.37. The highest BCUT2D eigenvalue weighted by Crippen LogP contribution is 2.21. The molecule has 5 nitrogen and oxygen atoms in total. The summed E-state index contributed by atoms with van der Waals surface area (Å²) in [5.41, 5.74) is 0. The topological polar surface area (TPSA) is 42.0 Å². The molecular weight excluding hydrogens is 316 g/mol. The van der Waals surface area contributed by atoms with Crippen molar-refractivity contribution in [2.24, 2.45) is 0 Å². The highest BCUT2D eigenvalue weighted by atomic mass is 35.5. The van der Waals surface area contributed by atoms with Gasteiger partial charge in [0.25, 0.3) is 0 Å². The van der Waals surface area contributed by atoms with E-state index in [1.165, 1.54) is 0 Å². The molecule has 0 aliphatic carbocycles. The van der Waals surface area contributed by atoms with Crippen LogP contribution in [0.25, 0.3) is 0 Å². The van der Waals surface area contributed by atoms with Gasteiger partial charge in [-0.3, -0.25) is 14.6 Å². The summed E-state index contributed by atoms with van der Waals surface area (Å²) in [5.74, 6) is 0.785. The molecule has 0 bridgehead atoms. The van der Waals surface area contributed by atoms with E-state index in [-0.39, 0.29) is 18.1 Å². The van der Waals surface area contributed by atoms with Crippen molar-refractivity contribution in [2.45, 2.75) is 25.5 Å². The van der Waals surface area contributed by atoms with Crippen molar-refractivity contribution >= 4 is 17.6 Å². The second-order valence-corrected chi connectivity index (χ2v) is 6.62. The van der Waals surface area contributed by atoms with Crippen LogP contribution in [-0.2, 0) is 9.53 Å². The molecule has 6 heteroatoms. The predicted molar refractivity (Wildman–Crippen MR) is 88.9 cm³/mol. The van der Waals surface area contributed by atoms with Crippen LogP contribution in [0.15, 0.2) is 24.3 Å². The van der Waals surface area contributed by atoms with Crippen LogP contribution < -0.4 is 4.74 Å². The van der Waals surface area contributed by atoms with E-state index in [2.05, 4.69) is 9.80 Å². The van der Waals surface area contributed by atoms with Crippen LogP contribution >= 0.6 is 11.6 Å². The monoisotopic (exact) mass is 338 g/mol. The second kappa shape index (κ2) is 7.51. The minimum atomic E-state index is -0.0583. The van der Waals surface area contributed by atoms with Crippen LogP contribution in [-0.4, -0.2) is 67.2 Å². The number of nitrogens with zero attached hydrogens (tertiary/aromatic N) is 2. The molecule has 2 unspecified atom stereocenters. The number of ether oxygens (including phenoxy) is 2. The molecule has 2 atom stereocenters. The van der Waals surface area contributed by atoms with Crippen molar-refractivity contribution < 1.29 is 14.3 Å². The molecule has 2 aliphatic rings. The molecule has 0 aromatic heterocycles. The van der Waals surface area contributed by atoms with Crippen LogP contribution in [0.2, 0.25) is 5.02 Å². The third-order valence-corrected chi connectivity index (χ3v) is 4.73. The van der Waals surface area contributed by atoms with E-state index < -0.39 is 0 Å². The van der Waals surface area contributed by atoms with E-state index >= 15 is 0 Å². The minimum absolute atomic E-state index is 0.0440. The lowest BCUT2D eigenvalue weighted by Gasteiger charge is -2.36. The number of piperazine rings is 1. The fourth-order valence-electron chi connectivity index (χ4n) is 3.16. The van der Waals surface area contributed by atoms with Gasteiger partial charge < -0.3 is 9.47 Å². The Morgan fingerprint density at radius 1 is 1.22 bits per heavy atom. The first-order valence-corrected chi connectivity index (χ1v) is 8.55. The van der Waals surface area contributed by atoms with Crippen LogP contribution in [0.4, 0.5) is 0 Å². The molecule has 2 aliphatic heterocycles. The molecule has 23 heavy (non-hydrogen) atoms. The van der Waals surface area contributed by atoms with Crippen molar-refractivity contribution in [3.05, 3.63) is 29.3 Å². The summed E-state index contributed by atoms with van der Waals surface area (Å²) in [4.78, 5) is 16.4. The zero-order valence-electron chi connectivity index (χ0n) is 13.4. The number of cyclic esters (lactones) is 1. The van der Waals surface area contributed by atoms with Crippen LogP contribution in [0.5, 0.6) is 5.75 Å². The Bertz CT molecular complexity index is 529. The summed E-state index contributed by atoms with van der Waals surface area (Å²) in [7, 11) is 0. The average Bonchev–Trinajstić information content (AvgIpc) is 2.89. The van der Waals surface area contributed by atoms with Gasteiger partial charge in [-0.1, -0.05) is 11.6 Å². The van der Waals surface area contributed by atoms with Gasteiger partial charge in [-0.05, 0) is 31.2 Å². The van der Waals surface area contributed by atoms with Crippen LogP contribution in [0, 0.1) is 0 Å². The molecule has 2 heterocycles. The summed E-state index contributed by atoms with van der Waals surface area (Å²) in [5, 5.41) is 0.716. The Labute approximate surface area is 142 Å². The smallest absolute Gasteiger partial charge is 0.323 e. The molecule has 126 valence electrons. The molecule has 0 spiro atoms. The summed E-state index contributed by atoms with van der Waals surface area (Å²) in [6.07, 6.45) is 0.872. The van der Waals surface area contributed by atoms with Crippen LogP contribution in [0.3, 0.4) is 0 Å². The molecule has 1 aromatic carbocycles. The molecule has 0 amide bonds. The van der Waals surface area contributed by atoms with E-state index in [1.807, 2.05) is 31.2 Å². The van der Waals surface area contributed by atoms with Gasteiger partial charge >= 0.3 is 5.97 Å². The summed E-state index contributed by atoms with van der Waals surface area (Å²) in [6.45, 7) is 7.25. The Morgan fingerprint density at radius 2 is 1.91 bits per heavy atom. The Kier molecular flexibility index (Phi) is 5.41. The number of rotatable bonds is 5. The number of hydrogen-bond donors (Lipinski definition) is 0. The zero-order chi connectivity index (χ0) is 16.2. The summed E-state index contributed by atoms with van der Waals surface area (Å²) in [6, 6.07) is 7.38. The van der Waals surface area contributed by atoms with Gasteiger partial charge in [0, 0.05) is 44.2 Å². The van der Waals surface area contributed by atoms with Gasteiger partial charge in [0.05, 0.1) is 0 Å². The highest BCUT2D eigenvalue weighted by molar-refractivity contribution is 6.30. The maximum absolute atomic E-state index is 11.8. The van der Waals surface area contributed by atoms with Gasteiger partial charge in [-0.2, -0.15) is 0 Å². The van der Waals surface area contributed by atoms with E-state index in [1.54, 1.807) is 0 Å². The second-order valence-electron chi connectivity index (χ2n) is 6.18. The number of hydrogen-bond acceptors (Lipinski definition) is 5. The molecule has 1 aromatic rings. The molecule has 3 rings (SSSR count). The third-order valence-electron chi connectivity index (χ3n) is 4.48. The molecular formula is C17H23ClN2O3. The fraction of sp³-hybridized carbons (Fsp3) is 0.588. The van der Waals surface area contributed by atoms with E-state index in [4.69, 9.17) is 21.1 Å². The molecule has 0 N–H and O–H groups in total. The normalized spacial score (nSPS) is 26.3. The van der Waals surface area contributed by atoms with E-state index in [0.29, 0.717) is 11.6 Å². The minimum Gasteiger partial charge on any atom is -0.492 e. The van der Waals surface area contributed by atoms with Crippen molar-refractivity contribution in [2.75, 3.05) is 39.3 Å². The number of halogens is 1. The maximum atomic E-state index is 11.8. The quantitative estimate of drug-likeness (QED) is 0.769. The van der Waals surface area contributed by atoms with E-state index in [9.17, 15) is 4.79 Å². The lowest BCUT2D eigenvalue weighted by molar-refractivity contribution is -0.145. The van der Waals surface area contributed by atoms with E-state index in [0.717, 1.165) is 44.9 Å². The van der Waals surface area contributed by atoms with Gasteiger partial charge in [-0.25, -0.2) is 0 Å². The van der Waals surface area contributed by atoms with Crippen molar-refractivity contribution in [1.82, 2.24) is 9.80 Å². The van der Waals surface area contributed by atoms with Gasteiger partial charge in [0.2, 0.25) is 0 Å². The summed E-state index contributed by atoms with van der Waals surface area (Å²) < 4.78 is 11.0. The predicted octanol–water partition coefficient (Wildman–Crippen LogP) is 2.04. The Morgan fingerprint density at radius 3 is 2.52 bits per heavy atom. The van der Waals surface area contributed by atoms with Gasteiger partial charge in [0.15, 0.2) is 0 Å². The number of benzene rings is 1. The third kappa shape index (κ3) is 4.37. The standard InChI is InChI=1S/C17H23ClN2O3/c1-13-12-16(17(21)23-13)20-8-6-19(7-9-20)10-11-22-15-4-2-14(18)3-5-15/h2-5,13,16H,6-12H2,1H3. The number of carbonyl (C=O) groups is 1.